The Hall–Kier alpha value is -1.60. The molecule has 7 heteroatoms. The molecule has 1 atom stereocenters. The summed E-state index contributed by atoms with van der Waals surface area (Å²) >= 11 is 0. The largest absolute Gasteiger partial charge is 0.493 e. The van der Waals surface area contributed by atoms with Crippen molar-refractivity contribution in [2.45, 2.75) is 51.5 Å². The van der Waals surface area contributed by atoms with Crippen molar-refractivity contribution in [2.75, 3.05) is 25.4 Å². The smallest absolute Gasteiger partial charge is 0.239 e. The Bertz CT molecular complexity index is 730. The molecule has 1 aliphatic carbocycles. The van der Waals surface area contributed by atoms with Crippen LogP contribution in [-0.2, 0) is 14.8 Å². The van der Waals surface area contributed by atoms with E-state index in [0.717, 1.165) is 44.3 Å². The number of para-hydroxylation sites is 1. The average molecular weight is 409 g/mol. The van der Waals surface area contributed by atoms with Gasteiger partial charge in [0.15, 0.2) is 0 Å². The Labute approximate surface area is 168 Å². The van der Waals surface area contributed by atoms with Crippen molar-refractivity contribution < 1.29 is 17.9 Å². The number of piperidine rings is 1. The fraction of sp³-hybridized carbons (Fsp3) is 0.667. The maximum Gasteiger partial charge on any atom is 0.239 e. The molecular formula is C21H32N2O4S. The Morgan fingerprint density at radius 1 is 1.14 bits per heavy atom. The van der Waals surface area contributed by atoms with Crippen LogP contribution in [0.4, 0.5) is 0 Å². The molecule has 0 bridgehead atoms. The van der Waals surface area contributed by atoms with Crippen molar-refractivity contribution in [3.63, 3.8) is 0 Å². The van der Waals surface area contributed by atoms with Gasteiger partial charge in [-0.1, -0.05) is 25.1 Å². The zero-order valence-electron chi connectivity index (χ0n) is 16.7. The quantitative estimate of drug-likeness (QED) is 0.753. The van der Waals surface area contributed by atoms with E-state index in [9.17, 15) is 13.2 Å². The highest BCUT2D eigenvalue weighted by atomic mass is 32.2. The molecule has 2 fully saturated rings. The molecule has 1 heterocycles. The van der Waals surface area contributed by atoms with Crippen LogP contribution < -0.4 is 9.46 Å². The Morgan fingerprint density at radius 2 is 1.86 bits per heavy atom. The monoisotopic (exact) mass is 408 g/mol. The van der Waals surface area contributed by atoms with E-state index in [1.165, 1.54) is 0 Å². The van der Waals surface area contributed by atoms with Crippen LogP contribution in [0, 0.1) is 11.8 Å². The van der Waals surface area contributed by atoms with Crippen LogP contribution in [0.1, 0.15) is 45.4 Å². The van der Waals surface area contributed by atoms with Crippen LogP contribution in [0.2, 0.25) is 0 Å². The molecule has 1 saturated carbocycles. The second kappa shape index (κ2) is 9.74. The van der Waals surface area contributed by atoms with Gasteiger partial charge < -0.3 is 9.64 Å². The van der Waals surface area contributed by atoms with Crippen LogP contribution in [0.5, 0.6) is 5.75 Å². The van der Waals surface area contributed by atoms with Gasteiger partial charge in [-0.15, -0.1) is 0 Å². The summed E-state index contributed by atoms with van der Waals surface area (Å²) in [6, 6.07) is 9.60. The van der Waals surface area contributed by atoms with Gasteiger partial charge in [0.25, 0.3) is 0 Å². The molecule has 2 aliphatic rings. The van der Waals surface area contributed by atoms with Crippen molar-refractivity contribution in [3.8, 4) is 5.75 Å². The van der Waals surface area contributed by atoms with Crippen molar-refractivity contribution >= 4 is 15.9 Å². The minimum Gasteiger partial charge on any atom is -0.493 e. The van der Waals surface area contributed by atoms with Crippen molar-refractivity contribution in [2.24, 2.45) is 11.8 Å². The molecule has 0 spiro atoms. The van der Waals surface area contributed by atoms with Gasteiger partial charge in [-0.05, 0) is 56.6 Å². The lowest BCUT2D eigenvalue weighted by molar-refractivity contribution is -0.130. The molecule has 1 saturated heterocycles. The molecule has 3 rings (SSSR count). The second-order valence-electron chi connectivity index (χ2n) is 8.31. The normalized spacial score (nSPS) is 26.0. The van der Waals surface area contributed by atoms with E-state index in [1.54, 1.807) is 4.90 Å². The van der Waals surface area contributed by atoms with Gasteiger partial charge in [0, 0.05) is 25.0 Å². The van der Waals surface area contributed by atoms with E-state index >= 15 is 0 Å². The zero-order valence-corrected chi connectivity index (χ0v) is 17.5. The van der Waals surface area contributed by atoms with E-state index in [2.05, 4.69) is 11.6 Å². The first-order chi connectivity index (χ1) is 13.4. The molecule has 1 unspecified atom stereocenters. The topological polar surface area (TPSA) is 75.7 Å². The number of hydrogen-bond acceptors (Lipinski definition) is 4. The number of rotatable bonds is 7. The Balaban J connectivity index is 1.46. The third-order valence-electron chi connectivity index (χ3n) is 5.78. The highest BCUT2D eigenvalue weighted by Crippen LogP contribution is 2.24. The second-order valence-corrected chi connectivity index (χ2v) is 10.1. The average Bonchev–Trinajstić information content (AvgIpc) is 2.69. The van der Waals surface area contributed by atoms with Gasteiger partial charge >= 0.3 is 0 Å². The lowest BCUT2D eigenvalue weighted by Gasteiger charge is -2.33. The predicted molar refractivity (Wildman–Crippen MR) is 110 cm³/mol. The molecule has 1 aromatic rings. The first-order valence-corrected chi connectivity index (χ1v) is 12.0. The summed E-state index contributed by atoms with van der Waals surface area (Å²) in [7, 11) is -3.59. The number of carbonyl (C=O) groups excluding carboxylic acids is 1. The lowest BCUT2D eigenvalue weighted by atomic mass is 9.88. The third kappa shape index (κ3) is 6.48. The van der Waals surface area contributed by atoms with E-state index in [0.29, 0.717) is 25.6 Å². The highest BCUT2D eigenvalue weighted by molar-refractivity contribution is 7.90. The summed E-state index contributed by atoms with van der Waals surface area (Å²) in [6.45, 7) is 3.92. The van der Waals surface area contributed by atoms with Gasteiger partial charge in [-0.2, -0.15) is 0 Å². The van der Waals surface area contributed by atoms with E-state index in [4.69, 9.17) is 4.74 Å². The first-order valence-electron chi connectivity index (χ1n) is 10.4. The van der Waals surface area contributed by atoms with Crippen LogP contribution in [0.3, 0.4) is 0 Å². The maximum atomic E-state index is 12.6. The number of sulfonamides is 1. The van der Waals surface area contributed by atoms with Crippen LogP contribution >= 0.6 is 0 Å². The van der Waals surface area contributed by atoms with Gasteiger partial charge in [0.05, 0.1) is 6.61 Å². The van der Waals surface area contributed by atoms with E-state index in [-0.39, 0.29) is 17.9 Å². The standard InChI is InChI=1S/C21H32N2O4S/c1-17-9-11-19(12-10-17)22-28(25,26)16-21(24)23-13-5-6-18(14-23)15-27-20-7-3-2-4-8-20/h2-4,7-8,17-19,22H,5-6,9-16H2,1H3. The number of carbonyl (C=O) groups is 1. The minimum atomic E-state index is -3.59. The van der Waals surface area contributed by atoms with Crippen LogP contribution in [0.25, 0.3) is 0 Å². The van der Waals surface area contributed by atoms with Crippen LogP contribution in [0.15, 0.2) is 30.3 Å². The SMILES string of the molecule is CC1CCC(NS(=O)(=O)CC(=O)N2CCCC(COc3ccccc3)C2)CC1. The number of amides is 1. The molecule has 28 heavy (non-hydrogen) atoms. The number of ether oxygens (including phenoxy) is 1. The van der Waals surface area contributed by atoms with Gasteiger partial charge in [0.1, 0.15) is 11.5 Å². The molecule has 1 aliphatic heterocycles. The summed E-state index contributed by atoms with van der Waals surface area (Å²) in [5.41, 5.74) is 0. The summed E-state index contributed by atoms with van der Waals surface area (Å²) in [6.07, 6.45) is 5.66. The summed E-state index contributed by atoms with van der Waals surface area (Å²) in [5.74, 6) is 0.950. The number of likely N-dealkylation sites (tertiary alicyclic amines) is 1. The van der Waals surface area contributed by atoms with Gasteiger partial charge in [-0.25, -0.2) is 13.1 Å². The number of nitrogens with zero attached hydrogens (tertiary/aromatic N) is 1. The predicted octanol–water partition coefficient (Wildman–Crippen LogP) is 2.80. The molecule has 156 valence electrons. The molecule has 0 radical (unpaired) electrons. The number of benzene rings is 1. The Morgan fingerprint density at radius 3 is 2.57 bits per heavy atom. The van der Waals surface area contributed by atoms with Crippen molar-refractivity contribution in [3.05, 3.63) is 30.3 Å². The van der Waals surface area contributed by atoms with Crippen LogP contribution in [-0.4, -0.2) is 50.7 Å². The molecule has 0 aromatic heterocycles. The summed E-state index contributed by atoms with van der Waals surface area (Å²) < 4.78 is 33.4. The minimum absolute atomic E-state index is 0.0256. The zero-order chi connectivity index (χ0) is 20.0. The fourth-order valence-corrected chi connectivity index (χ4v) is 5.42. The summed E-state index contributed by atoms with van der Waals surface area (Å²) in [5, 5.41) is 0. The van der Waals surface area contributed by atoms with Crippen molar-refractivity contribution in [1.82, 2.24) is 9.62 Å². The van der Waals surface area contributed by atoms with Gasteiger partial charge in [-0.3, -0.25) is 4.79 Å². The maximum absolute atomic E-state index is 12.6. The number of nitrogens with one attached hydrogen (secondary N) is 1. The number of hydrogen-bond donors (Lipinski definition) is 1. The third-order valence-corrected chi connectivity index (χ3v) is 7.10. The summed E-state index contributed by atoms with van der Waals surface area (Å²) in [4.78, 5) is 14.3. The highest BCUT2D eigenvalue weighted by Gasteiger charge is 2.29. The van der Waals surface area contributed by atoms with Crippen molar-refractivity contribution in [1.29, 1.82) is 0 Å². The molecule has 1 N–H and O–H groups in total. The Kier molecular flexibility index (Phi) is 7.35. The fourth-order valence-electron chi connectivity index (χ4n) is 4.09. The molecule has 1 aromatic carbocycles. The molecular weight excluding hydrogens is 376 g/mol. The molecule has 1 amide bonds. The molecule has 6 nitrogen and oxygen atoms in total. The van der Waals surface area contributed by atoms with E-state index < -0.39 is 15.8 Å². The van der Waals surface area contributed by atoms with Gasteiger partial charge in [0.2, 0.25) is 15.9 Å². The first kappa shape index (κ1) is 21.1. The van der Waals surface area contributed by atoms with E-state index in [1.807, 2.05) is 30.3 Å². The lowest BCUT2D eigenvalue weighted by Crippen LogP contribution is -2.47.